The van der Waals surface area contributed by atoms with Crippen molar-refractivity contribution in [1.29, 1.82) is 0 Å². The Hall–Kier alpha value is -1.60. The third kappa shape index (κ3) is 4.18. The van der Waals surface area contributed by atoms with E-state index in [1.165, 1.54) is 11.3 Å². The number of amides is 1. The summed E-state index contributed by atoms with van der Waals surface area (Å²) in [6.07, 6.45) is 1.72. The van der Waals surface area contributed by atoms with Crippen molar-refractivity contribution in [3.05, 3.63) is 27.5 Å². The molecule has 0 atom stereocenters. The fraction of sp³-hybridized carbons (Fsp3) is 0.462. The highest BCUT2D eigenvalue weighted by atomic mass is 35.5. The fourth-order valence-corrected chi connectivity index (χ4v) is 2.81. The lowest BCUT2D eigenvalue weighted by Crippen LogP contribution is -2.18. The molecule has 0 aliphatic rings. The standard InChI is InChI=1S/C13H16ClN5OS/c1-3-9-10(4-2)18-19-13(16-9)17-11(20)5-12-15-8(6-14)7-21-12/h7H,3-6H2,1-2H3,(H,16,17,19,20). The third-order valence-electron chi connectivity index (χ3n) is 2.81. The first kappa shape index (κ1) is 15.8. The number of nitrogens with zero attached hydrogens (tertiary/aromatic N) is 4. The molecule has 0 spiro atoms. The molecule has 0 fully saturated rings. The molecule has 21 heavy (non-hydrogen) atoms. The molecule has 0 saturated heterocycles. The van der Waals surface area contributed by atoms with Crippen LogP contribution < -0.4 is 5.32 Å². The van der Waals surface area contributed by atoms with Crippen LogP contribution in [0.1, 0.15) is 35.9 Å². The van der Waals surface area contributed by atoms with Gasteiger partial charge in [-0.3, -0.25) is 10.1 Å². The number of thiazole rings is 1. The number of hydrogen-bond donors (Lipinski definition) is 1. The molecule has 2 aromatic rings. The van der Waals surface area contributed by atoms with Crippen LogP contribution in [0, 0.1) is 0 Å². The Balaban J connectivity index is 2.02. The summed E-state index contributed by atoms with van der Waals surface area (Å²) < 4.78 is 0. The lowest BCUT2D eigenvalue weighted by Gasteiger charge is -2.06. The van der Waals surface area contributed by atoms with E-state index in [2.05, 4.69) is 25.5 Å². The second-order valence-corrected chi connectivity index (χ2v) is 5.54. The first-order chi connectivity index (χ1) is 10.2. The Morgan fingerprint density at radius 3 is 2.62 bits per heavy atom. The van der Waals surface area contributed by atoms with Crippen LogP contribution >= 0.6 is 22.9 Å². The van der Waals surface area contributed by atoms with Gasteiger partial charge in [0, 0.05) is 5.38 Å². The number of carbonyl (C=O) groups excluding carboxylic acids is 1. The molecule has 0 aliphatic carbocycles. The summed E-state index contributed by atoms with van der Waals surface area (Å²) in [4.78, 5) is 20.5. The van der Waals surface area contributed by atoms with Crippen LogP contribution in [0.4, 0.5) is 5.95 Å². The topological polar surface area (TPSA) is 80.7 Å². The molecule has 0 radical (unpaired) electrons. The maximum absolute atomic E-state index is 11.9. The van der Waals surface area contributed by atoms with Crippen LogP contribution in [0.25, 0.3) is 0 Å². The van der Waals surface area contributed by atoms with Crippen molar-refractivity contribution < 1.29 is 4.79 Å². The summed E-state index contributed by atoms with van der Waals surface area (Å²) in [7, 11) is 0. The summed E-state index contributed by atoms with van der Waals surface area (Å²) >= 11 is 7.10. The number of alkyl halides is 1. The molecule has 6 nitrogen and oxygen atoms in total. The van der Waals surface area contributed by atoms with E-state index in [1.54, 1.807) is 0 Å². The number of halogens is 1. The number of aromatic nitrogens is 4. The second-order valence-electron chi connectivity index (χ2n) is 4.33. The summed E-state index contributed by atoms with van der Waals surface area (Å²) in [6, 6.07) is 0. The van der Waals surface area contributed by atoms with Gasteiger partial charge in [0.25, 0.3) is 0 Å². The first-order valence-electron chi connectivity index (χ1n) is 6.67. The quantitative estimate of drug-likeness (QED) is 0.825. The van der Waals surface area contributed by atoms with Crippen molar-refractivity contribution in [2.24, 2.45) is 0 Å². The van der Waals surface area contributed by atoms with Gasteiger partial charge in [-0.2, -0.15) is 0 Å². The minimum atomic E-state index is -0.210. The Kier molecular flexibility index (Phi) is 5.58. The molecule has 1 amide bonds. The maximum atomic E-state index is 11.9. The van der Waals surface area contributed by atoms with Crippen molar-refractivity contribution in [2.45, 2.75) is 39.0 Å². The highest BCUT2D eigenvalue weighted by Crippen LogP contribution is 2.13. The second kappa shape index (κ2) is 7.42. The first-order valence-corrected chi connectivity index (χ1v) is 8.09. The van der Waals surface area contributed by atoms with Crippen molar-refractivity contribution in [2.75, 3.05) is 5.32 Å². The molecule has 0 bridgehead atoms. The van der Waals surface area contributed by atoms with Crippen molar-refractivity contribution in [3.63, 3.8) is 0 Å². The predicted molar refractivity (Wildman–Crippen MR) is 82.6 cm³/mol. The Labute approximate surface area is 132 Å². The number of aryl methyl sites for hydroxylation is 2. The molecule has 0 aromatic carbocycles. The lowest BCUT2D eigenvalue weighted by atomic mass is 10.2. The maximum Gasteiger partial charge on any atom is 0.249 e. The molecule has 2 rings (SSSR count). The molecule has 2 aromatic heterocycles. The normalized spacial score (nSPS) is 10.6. The highest BCUT2D eigenvalue weighted by Gasteiger charge is 2.11. The number of anilines is 1. The largest absolute Gasteiger partial charge is 0.293 e. The highest BCUT2D eigenvalue weighted by molar-refractivity contribution is 7.09. The zero-order chi connectivity index (χ0) is 15.2. The molecule has 0 unspecified atom stereocenters. The molecule has 0 saturated carbocycles. The fourth-order valence-electron chi connectivity index (χ4n) is 1.79. The zero-order valence-electron chi connectivity index (χ0n) is 11.9. The van der Waals surface area contributed by atoms with E-state index in [0.29, 0.717) is 5.88 Å². The van der Waals surface area contributed by atoms with Gasteiger partial charge in [-0.1, -0.05) is 13.8 Å². The van der Waals surface area contributed by atoms with Crippen LogP contribution in [0.15, 0.2) is 5.38 Å². The van der Waals surface area contributed by atoms with Gasteiger partial charge in [0.05, 0.1) is 29.4 Å². The molecule has 8 heteroatoms. The zero-order valence-corrected chi connectivity index (χ0v) is 13.5. The number of rotatable bonds is 6. The van der Waals surface area contributed by atoms with E-state index in [9.17, 15) is 4.79 Å². The number of hydrogen-bond acceptors (Lipinski definition) is 6. The summed E-state index contributed by atoms with van der Waals surface area (Å²) in [6.45, 7) is 4.00. The van der Waals surface area contributed by atoms with E-state index in [1.807, 2.05) is 19.2 Å². The minimum Gasteiger partial charge on any atom is -0.293 e. The van der Waals surface area contributed by atoms with Crippen LogP contribution in [-0.2, 0) is 29.9 Å². The van der Waals surface area contributed by atoms with Crippen LogP contribution in [0.5, 0.6) is 0 Å². The van der Waals surface area contributed by atoms with Gasteiger partial charge in [0.15, 0.2) is 0 Å². The van der Waals surface area contributed by atoms with Crippen LogP contribution in [-0.4, -0.2) is 26.1 Å². The Morgan fingerprint density at radius 1 is 1.24 bits per heavy atom. The Morgan fingerprint density at radius 2 is 2.00 bits per heavy atom. The average molecular weight is 326 g/mol. The van der Waals surface area contributed by atoms with Gasteiger partial charge < -0.3 is 0 Å². The molecule has 1 N–H and O–H groups in total. The van der Waals surface area contributed by atoms with E-state index in [4.69, 9.17) is 11.6 Å². The molecule has 0 aliphatic heterocycles. The Bertz CT molecular complexity index is 631. The van der Waals surface area contributed by atoms with Crippen molar-refractivity contribution >= 4 is 34.8 Å². The van der Waals surface area contributed by atoms with Gasteiger partial charge in [-0.05, 0) is 12.8 Å². The van der Waals surface area contributed by atoms with E-state index in [0.717, 1.165) is 34.9 Å². The monoisotopic (exact) mass is 325 g/mol. The summed E-state index contributed by atoms with van der Waals surface area (Å²) in [5.41, 5.74) is 2.51. The van der Waals surface area contributed by atoms with E-state index in [-0.39, 0.29) is 18.3 Å². The van der Waals surface area contributed by atoms with Crippen LogP contribution in [0.2, 0.25) is 0 Å². The predicted octanol–water partition coefficient (Wildman–Crippen LogP) is 2.37. The van der Waals surface area contributed by atoms with Gasteiger partial charge in [0.2, 0.25) is 11.9 Å². The molecule has 112 valence electrons. The van der Waals surface area contributed by atoms with E-state index >= 15 is 0 Å². The van der Waals surface area contributed by atoms with E-state index < -0.39 is 0 Å². The summed E-state index contributed by atoms with van der Waals surface area (Å²) in [5.74, 6) is 0.380. The van der Waals surface area contributed by atoms with Crippen LogP contribution in [0.3, 0.4) is 0 Å². The van der Waals surface area contributed by atoms with Gasteiger partial charge in [-0.15, -0.1) is 33.1 Å². The average Bonchev–Trinajstić information content (AvgIpc) is 2.94. The third-order valence-corrected chi connectivity index (χ3v) is 3.98. The van der Waals surface area contributed by atoms with Gasteiger partial charge in [0.1, 0.15) is 5.01 Å². The van der Waals surface area contributed by atoms with Gasteiger partial charge in [-0.25, -0.2) is 9.97 Å². The molecular weight excluding hydrogens is 310 g/mol. The van der Waals surface area contributed by atoms with Gasteiger partial charge >= 0.3 is 0 Å². The van der Waals surface area contributed by atoms with Crippen molar-refractivity contribution in [1.82, 2.24) is 20.2 Å². The van der Waals surface area contributed by atoms with Crippen molar-refractivity contribution in [3.8, 4) is 0 Å². The SMILES string of the molecule is CCc1nnc(NC(=O)Cc2nc(CCl)cs2)nc1CC. The lowest BCUT2D eigenvalue weighted by molar-refractivity contribution is -0.115. The summed E-state index contributed by atoms with van der Waals surface area (Å²) in [5, 5.41) is 13.2. The molecule has 2 heterocycles. The number of carbonyl (C=O) groups is 1. The smallest absolute Gasteiger partial charge is 0.249 e. The number of nitrogens with one attached hydrogen (secondary N) is 1. The molecular formula is C13H16ClN5OS. The minimum absolute atomic E-state index is 0.182.